The van der Waals surface area contributed by atoms with Gasteiger partial charge in [0.05, 0.1) is 31.3 Å². The first kappa shape index (κ1) is 16.4. The molecule has 0 spiro atoms. The summed E-state index contributed by atoms with van der Waals surface area (Å²) in [5.41, 5.74) is 0.529. The van der Waals surface area contributed by atoms with E-state index in [1.165, 1.54) is 12.1 Å². The molecule has 1 saturated heterocycles. The van der Waals surface area contributed by atoms with Gasteiger partial charge in [-0.1, -0.05) is 0 Å². The van der Waals surface area contributed by atoms with Crippen LogP contribution in [-0.4, -0.2) is 58.2 Å². The summed E-state index contributed by atoms with van der Waals surface area (Å²) in [5, 5.41) is 9.30. The highest BCUT2D eigenvalue weighted by Crippen LogP contribution is 2.22. The van der Waals surface area contributed by atoms with Gasteiger partial charge in [0.1, 0.15) is 5.75 Å². The Hall–Kier alpha value is -0.990. The van der Waals surface area contributed by atoms with Gasteiger partial charge in [0.25, 0.3) is 0 Å². The maximum Gasteiger partial charge on any atom is 0.186 e. The van der Waals surface area contributed by atoms with E-state index in [2.05, 4.69) is 4.90 Å². The van der Waals surface area contributed by atoms with E-state index in [1.54, 1.807) is 6.07 Å². The minimum atomic E-state index is -2.05. The van der Waals surface area contributed by atoms with Crippen LogP contribution in [0.3, 0.4) is 0 Å². The molecule has 1 unspecified atom stereocenters. The van der Waals surface area contributed by atoms with Crippen molar-refractivity contribution >= 4 is 11.1 Å². The van der Waals surface area contributed by atoms with Crippen molar-refractivity contribution in [2.24, 2.45) is 0 Å². The van der Waals surface area contributed by atoms with E-state index in [0.717, 1.165) is 39.3 Å². The summed E-state index contributed by atoms with van der Waals surface area (Å²) in [4.78, 5) is 2.59. The monoisotopic (exact) mass is 315 g/mol. The molecule has 1 aliphatic rings. The number of aliphatic hydroxyl groups excluding tert-OH is 1. The molecule has 2 N–H and O–H groups in total. The van der Waals surface area contributed by atoms with Crippen LogP contribution in [0.4, 0.5) is 0 Å². The first-order chi connectivity index (χ1) is 10.2. The second-order valence-electron chi connectivity index (χ2n) is 4.83. The average molecular weight is 315 g/mol. The number of morpholine rings is 1. The first-order valence-corrected chi connectivity index (χ1v) is 8.09. The fraction of sp³-hybridized carbons (Fsp3) is 0.571. The van der Waals surface area contributed by atoms with Crippen LogP contribution in [0, 0.1) is 0 Å². The number of rotatable bonds is 7. The molecule has 6 nitrogen and oxygen atoms in total. The van der Waals surface area contributed by atoms with Crippen LogP contribution in [0.25, 0.3) is 0 Å². The summed E-state index contributed by atoms with van der Waals surface area (Å²) >= 11 is -2.05. The Labute approximate surface area is 127 Å². The normalized spacial score (nSPS) is 17.6. The second kappa shape index (κ2) is 8.45. The summed E-state index contributed by atoms with van der Waals surface area (Å²) in [6.07, 6.45) is 0.887. The maximum absolute atomic E-state index is 11.0. The van der Waals surface area contributed by atoms with E-state index in [1.807, 2.05) is 0 Å². The second-order valence-corrected chi connectivity index (χ2v) is 5.80. The third kappa shape index (κ3) is 5.05. The Morgan fingerprint density at radius 2 is 2.10 bits per heavy atom. The standard InChI is InChI=1S/C14H21NO5S/c16-11-12-10-13(21(17)18)2-3-14(12)20-7-1-4-15-5-8-19-9-6-15/h2-3,10,16H,1,4-9,11H2,(H,17,18). The van der Waals surface area contributed by atoms with E-state index in [0.29, 0.717) is 17.9 Å². The molecule has 1 fully saturated rings. The van der Waals surface area contributed by atoms with E-state index in [9.17, 15) is 9.32 Å². The SMILES string of the molecule is O=S(O)c1ccc(OCCCN2CCOCC2)c(CO)c1. The fourth-order valence-corrected chi connectivity index (χ4v) is 2.65. The molecule has 1 atom stereocenters. The van der Waals surface area contributed by atoms with Crippen molar-refractivity contribution in [1.82, 2.24) is 4.90 Å². The van der Waals surface area contributed by atoms with Gasteiger partial charge in [-0.2, -0.15) is 0 Å². The lowest BCUT2D eigenvalue weighted by atomic mass is 10.2. The van der Waals surface area contributed by atoms with Gasteiger partial charge in [-0.3, -0.25) is 4.90 Å². The molecule has 0 aromatic heterocycles. The van der Waals surface area contributed by atoms with Crippen molar-refractivity contribution in [3.05, 3.63) is 23.8 Å². The third-order valence-electron chi connectivity index (χ3n) is 3.38. The van der Waals surface area contributed by atoms with E-state index in [-0.39, 0.29) is 11.5 Å². The Morgan fingerprint density at radius 1 is 1.33 bits per heavy atom. The molecule has 1 aliphatic heterocycles. The predicted molar refractivity (Wildman–Crippen MR) is 78.8 cm³/mol. The van der Waals surface area contributed by atoms with Gasteiger partial charge in [-0.25, -0.2) is 4.21 Å². The lowest BCUT2D eigenvalue weighted by molar-refractivity contribution is 0.0357. The molecule has 1 aromatic rings. The van der Waals surface area contributed by atoms with Crippen molar-refractivity contribution in [3.8, 4) is 5.75 Å². The zero-order valence-corrected chi connectivity index (χ0v) is 12.7. The highest BCUT2D eigenvalue weighted by molar-refractivity contribution is 7.79. The maximum atomic E-state index is 11.0. The van der Waals surface area contributed by atoms with Crippen molar-refractivity contribution in [2.45, 2.75) is 17.9 Å². The van der Waals surface area contributed by atoms with Gasteiger partial charge in [0.15, 0.2) is 11.1 Å². The van der Waals surface area contributed by atoms with Crippen molar-refractivity contribution in [1.29, 1.82) is 0 Å². The summed E-state index contributed by atoms with van der Waals surface area (Å²) in [5.74, 6) is 0.564. The molecule has 2 rings (SSSR count). The highest BCUT2D eigenvalue weighted by atomic mass is 32.2. The van der Waals surface area contributed by atoms with Crippen LogP contribution in [0.15, 0.2) is 23.1 Å². The molecule has 7 heteroatoms. The minimum absolute atomic E-state index is 0.218. The van der Waals surface area contributed by atoms with Gasteiger partial charge in [0.2, 0.25) is 0 Å². The smallest absolute Gasteiger partial charge is 0.186 e. The van der Waals surface area contributed by atoms with Crippen LogP contribution in [0.1, 0.15) is 12.0 Å². The fourth-order valence-electron chi connectivity index (χ4n) is 2.22. The quantitative estimate of drug-likeness (QED) is 0.574. The molecule has 0 aliphatic carbocycles. The van der Waals surface area contributed by atoms with Gasteiger partial charge in [-0.15, -0.1) is 0 Å². The molecular formula is C14H21NO5S. The Morgan fingerprint density at radius 3 is 2.76 bits per heavy atom. The number of hydrogen-bond donors (Lipinski definition) is 2. The van der Waals surface area contributed by atoms with Crippen LogP contribution < -0.4 is 4.74 Å². The average Bonchev–Trinajstić information content (AvgIpc) is 2.52. The zero-order valence-electron chi connectivity index (χ0n) is 11.9. The summed E-state index contributed by atoms with van der Waals surface area (Å²) in [6, 6.07) is 4.66. The summed E-state index contributed by atoms with van der Waals surface area (Å²) in [7, 11) is 0. The number of benzene rings is 1. The first-order valence-electron chi connectivity index (χ1n) is 6.98. The molecule has 118 valence electrons. The van der Waals surface area contributed by atoms with Gasteiger partial charge in [-0.05, 0) is 24.6 Å². The molecule has 1 heterocycles. The van der Waals surface area contributed by atoms with Gasteiger partial charge >= 0.3 is 0 Å². The molecule has 0 amide bonds. The van der Waals surface area contributed by atoms with Crippen LogP contribution in [0.5, 0.6) is 5.75 Å². The Kier molecular flexibility index (Phi) is 6.59. The number of ether oxygens (including phenoxy) is 2. The Balaban J connectivity index is 1.80. The summed E-state index contributed by atoms with van der Waals surface area (Å²) in [6.45, 7) is 4.77. The molecule has 0 bridgehead atoms. The molecule has 0 saturated carbocycles. The number of hydrogen-bond acceptors (Lipinski definition) is 5. The van der Waals surface area contributed by atoms with Crippen molar-refractivity contribution < 1.29 is 23.3 Å². The molecule has 1 aromatic carbocycles. The number of nitrogens with zero attached hydrogens (tertiary/aromatic N) is 1. The van der Waals surface area contributed by atoms with Crippen molar-refractivity contribution in [2.75, 3.05) is 39.5 Å². The van der Waals surface area contributed by atoms with E-state index >= 15 is 0 Å². The van der Waals surface area contributed by atoms with Crippen LogP contribution in [0.2, 0.25) is 0 Å². The van der Waals surface area contributed by atoms with Gasteiger partial charge < -0.3 is 19.1 Å². The highest BCUT2D eigenvalue weighted by Gasteiger charge is 2.10. The molecule has 0 radical (unpaired) electrons. The Bertz CT molecular complexity index is 476. The van der Waals surface area contributed by atoms with Gasteiger partial charge in [0, 0.05) is 25.2 Å². The third-order valence-corrected chi connectivity index (χ3v) is 4.04. The number of aliphatic hydroxyl groups is 1. The minimum Gasteiger partial charge on any atom is -0.493 e. The molecule has 21 heavy (non-hydrogen) atoms. The summed E-state index contributed by atoms with van der Waals surface area (Å²) < 4.78 is 31.0. The van der Waals surface area contributed by atoms with Crippen molar-refractivity contribution in [3.63, 3.8) is 0 Å². The van der Waals surface area contributed by atoms with E-state index < -0.39 is 11.1 Å². The molecular weight excluding hydrogens is 294 g/mol. The zero-order chi connectivity index (χ0) is 15.1. The largest absolute Gasteiger partial charge is 0.493 e. The van der Waals surface area contributed by atoms with Crippen LogP contribution >= 0.6 is 0 Å². The lowest BCUT2D eigenvalue weighted by Gasteiger charge is -2.26. The predicted octanol–water partition coefficient (Wildman–Crippen LogP) is 0.861. The van der Waals surface area contributed by atoms with Crippen LogP contribution in [-0.2, 0) is 22.4 Å². The topological polar surface area (TPSA) is 79.2 Å². The lowest BCUT2D eigenvalue weighted by Crippen LogP contribution is -2.37. The van der Waals surface area contributed by atoms with E-state index in [4.69, 9.17) is 14.0 Å².